The lowest BCUT2D eigenvalue weighted by Gasteiger charge is -2.07. The molecule has 2 aromatic carbocycles. The van der Waals surface area contributed by atoms with Crippen LogP contribution in [0.5, 0.6) is 0 Å². The van der Waals surface area contributed by atoms with Crippen LogP contribution >= 0.6 is 31.9 Å². The quantitative estimate of drug-likeness (QED) is 0.582. The van der Waals surface area contributed by atoms with E-state index in [0.29, 0.717) is 21.0 Å². The van der Waals surface area contributed by atoms with Crippen molar-refractivity contribution in [1.29, 1.82) is 0 Å². The summed E-state index contributed by atoms with van der Waals surface area (Å²) in [6.45, 7) is 1.90. The summed E-state index contributed by atoms with van der Waals surface area (Å²) in [6, 6.07) is 12.3. The molecule has 4 nitrogen and oxygen atoms in total. The Morgan fingerprint density at radius 1 is 1.13 bits per heavy atom. The van der Waals surface area contributed by atoms with Crippen LogP contribution in [-0.4, -0.2) is 5.91 Å². The van der Waals surface area contributed by atoms with Crippen molar-refractivity contribution in [2.24, 2.45) is 0 Å². The largest absolute Gasteiger partial charge is 0.420 e. The van der Waals surface area contributed by atoms with E-state index in [1.165, 1.54) is 0 Å². The van der Waals surface area contributed by atoms with E-state index in [4.69, 9.17) is 4.42 Å². The van der Waals surface area contributed by atoms with Gasteiger partial charge >= 0.3 is 5.63 Å². The van der Waals surface area contributed by atoms with E-state index in [-0.39, 0.29) is 11.6 Å². The summed E-state index contributed by atoms with van der Waals surface area (Å²) in [6.07, 6.45) is 0. The maximum absolute atomic E-state index is 12.3. The number of nitrogens with one attached hydrogen (secondary N) is 1. The zero-order valence-electron chi connectivity index (χ0n) is 12.0. The maximum Gasteiger partial charge on any atom is 0.360 e. The van der Waals surface area contributed by atoms with Crippen LogP contribution in [-0.2, 0) is 0 Å². The Bertz CT molecular complexity index is 979. The van der Waals surface area contributed by atoms with Crippen molar-refractivity contribution in [2.45, 2.75) is 6.92 Å². The van der Waals surface area contributed by atoms with Gasteiger partial charge in [0, 0.05) is 15.4 Å². The fourth-order valence-electron chi connectivity index (χ4n) is 2.23. The molecule has 0 atom stereocenters. The Morgan fingerprint density at radius 3 is 2.65 bits per heavy atom. The Labute approximate surface area is 148 Å². The number of anilines is 1. The molecule has 0 bridgehead atoms. The van der Waals surface area contributed by atoms with E-state index in [0.717, 1.165) is 10.0 Å². The first-order chi connectivity index (χ1) is 10.9. The van der Waals surface area contributed by atoms with Gasteiger partial charge in [-0.2, -0.15) is 0 Å². The lowest BCUT2D eigenvalue weighted by molar-refractivity contribution is 0.102. The topological polar surface area (TPSA) is 59.3 Å². The van der Waals surface area contributed by atoms with Crippen LogP contribution in [0.3, 0.4) is 0 Å². The molecule has 1 heterocycles. The smallest absolute Gasteiger partial charge is 0.360 e. The summed E-state index contributed by atoms with van der Waals surface area (Å²) >= 11 is 6.74. The minimum Gasteiger partial charge on any atom is -0.420 e. The van der Waals surface area contributed by atoms with Gasteiger partial charge in [0.25, 0.3) is 5.91 Å². The second kappa shape index (κ2) is 6.29. The van der Waals surface area contributed by atoms with Crippen molar-refractivity contribution in [2.75, 3.05) is 5.32 Å². The molecular formula is C17H11Br2NO3. The Morgan fingerprint density at radius 2 is 1.91 bits per heavy atom. The van der Waals surface area contributed by atoms with Gasteiger partial charge in [-0.1, -0.05) is 33.6 Å². The van der Waals surface area contributed by atoms with Crippen molar-refractivity contribution in [3.63, 3.8) is 0 Å². The van der Waals surface area contributed by atoms with Crippen molar-refractivity contribution in [3.05, 3.63) is 73.0 Å². The third-order valence-electron chi connectivity index (χ3n) is 3.28. The molecular weight excluding hydrogens is 426 g/mol. The lowest BCUT2D eigenvalue weighted by atomic mass is 10.1. The number of carbonyl (C=O) groups is 1. The average Bonchev–Trinajstić information content (AvgIpc) is 2.49. The third-order valence-corrected chi connectivity index (χ3v) is 4.33. The van der Waals surface area contributed by atoms with E-state index in [1.54, 1.807) is 30.3 Å². The molecule has 0 saturated heterocycles. The number of carbonyl (C=O) groups excluding carboxylic acids is 1. The number of hydrogen-bond donors (Lipinski definition) is 1. The predicted molar refractivity (Wildman–Crippen MR) is 97.0 cm³/mol. The van der Waals surface area contributed by atoms with Gasteiger partial charge in [0.1, 0.15) is 5.69 Å². The van der Waals surface area contributed by atoms with Gasteiger partial charge in [-0.05, 0) is 53.2 Å². The number of benzene rings is 2. The Balaban J connectivity index is 2.01. The van der Waals surface area contributed by atoms with Crippen LogP contribution in [0.15, 0.2) is 60.6 Å². The minimum absolute atomic E-state index is 0.106. The molecule has 116 valence electrons. The predicted octanol–water partition coefficient (Wildman–Crippen LogP) is 4.88. The summed E-state index contributed by atoms with van der Waals surface area (Å²) in [7, 11) is 0. The number of rotatable bonds is 2. The number of amides is 1. The van der Waals surface area contributed by atoms with Gasteiger partial charge in [0.05, 0.1) is 4.47 Å². The highest BCUT2D eigenvalue weighted by Crippen LogP contribution is 2.28. The van der Waals surface area contributed by atoms with Crippen LogP contribution in [0, 0.1) is 6.92 Å². The van der Waals surface area contributed by atoms with Crippen LogP contribution in [0.2, 0.25) is 0 Å². The van der Waals surface area contributed by atoms with E-state index in [2.05, 4.69) is 37.2 Å². The first-order valence-electron chi connectivity index (χ1n) is 6.75. The van der Waals surface area contributed by atoms with Gasteiger partial charge in [-0.25, -0.2) is 4.79 Å². The molecule has 0 saturated carbocycles. The molecule has 1 amide bonds. The second-order valence-electron chi connectivity index (χ2n) is 5.08. The molecule has 0 aliphatic heterocycles. The molecule has 6 heteroatoms. The fourth-order valence-corrected chi connectivity index (χ4v) is 3.56. The zero-order chi connectivity index (χ0) is 16.6. The van der Waals surface area contributed by atoms with E-state index < -0.39 is 5.63 Å². The SMILES string of the molecule is Cc1cccc(C(=O)Nc2cc3cc(Br)cc(Br)c3oc2=O)c1. The van der Waals surface area contributed by atoms with E-state index in [9.17, 15) is 9.59 Å². The summed E-state index contributed by atoms with van der Waals surface area (Å²) in [5.74, 6) is -0.352. The van der Waals surface area contributed by atoms with Crippen LogP contribution in [0.4, 0.5) is 5.69 Å². The number of halogens is 2. The molecule has 0 aliphatic carbocycles. The molecule has 3 aromatic rings. The summed E-state index contributed by atoms with van der Waals surface area (Å²) < 4.78 is 6.80. The van der Waals surface area contributed by atoms with Crippen molar-refractivity contribution in [3.8, 4) is 0 Å². The summed E-state index contributed by atoms with van der Waals surface area (Å²) in [4.78, 5) is 24.4. The van der Waals surface area contributed by atoms with E-state index >= 15 is 0 Å². The van der Waals surface area contributed by atoms with Crippen LogP contribution < -0.4 is 10.9 Å². The van der Waals surface area contributed by atoms with Crippen molar-refractivity contribution >= 4 is 54.4 Å². The summed E-state index contributed by atoms with van der Waals surface area (Å²) in [5, 5.41) is 3.31. The molecule has 0 spiro atoms. The maximum atomic E-state index is 12.3. The molecule has 0 fully saturated rings. The Hall–Kier alpha value is -1.92. The fraction of sp³-hybridized carbons (Fsp3) is 0.0588. The third kappa shape index (κ3) is 3.38. The first kappa shape index (κ1) is 16.0. The van der Waals surface area contributed by atoms with Crippen molar-refractivity contribution in [1.82, 2.24) is 0 Å². The Kier molecular flexibility index (Phi) is 4.37. The highest BCUT2D eigenvalue weighted by molar-refractivity contribution is 9.11. The lowest BCUT2D eigenvalue weighted by Crippen LogP contribution is -2.17. The monoisotopic (exact) mass is 435 g/mol. The molecule has 0 radical (unpaired) electrons. The van der Waals surface area contributed by atoms with Crippen LogP contribution in [0.25, 0.3) is 11.0 Å². The van der Waals surface area contributed by atoms with E-state index in [1.807, 2.05) is 19.1 Å². The van der Waals surface area contributed by atoms with Gasteiger partial charge in [0.15, 0.2) is 5.58 Å². The number of fused-ring (bicyclic) bond motifs is 1. The van der Waals surface area contributed by atoms with Crippen molar-refractivity contribution < 1.29 is 9.21 Å². The van der Waals surface area contributed by atoms with Crippen LogP contribution in [0.1, 0.15) is 15.9 Å². The molecule has 23 heavy (non-hydrogen) atoms. The summed E-state index contributed by atoms with van der Waals surface area (Å²) in [5.41, 5.74) is 1.40. The molecule has 1 aromatic heterocycles. The van der Waals surface area contributed by atoms with Gasteiger partial charge in [-0.3, -0.25) is 4.79 Å². The first-order valence-corrected chi connectivity index (χ1v) is 8.33. The average molecular weight is 437 g/mol. The number of hydrogen-bond acceptors (Lipinski definition) is 3. The minimum atomic E-state index is -0.596. The highest BCUT2D eigenvalue weighted by atomic mass is 79.9. The highest BCUT2D eigenvalue weighted by Gasteiger charge is 2.13. The molecule has 0 unspecified atom stereocenters. The zero-order valence-corrected chi connectivity index (χ0v) is 15.2. The molecule has 1 N–H and O–H groups in total. The normalized spacial score (nSPS) is 10.7. The molecule has 3 rings (SSSR count). The number of aryl methyl sites for hydroxylation is 1. The van der Waals surface area contributed by atoms with Gasteiger partial charge in [-0.15, -0.1) is 0 Å². The standard InChI is InChI=1S/C17H11Br2NO3/c1-9-3-2-4-10(5-9)16(21)20-14-7-11-6-12(18)8-13(19)15(11)23-17(14)22/h2-8H,1H3,(H,20,21). The second-order valence-corrected chi connectivity index (χ2v) is 6.85. The molecule has 0 aliphatic rings. The van der Waals surface area contributed by atoms with Gasteiger partial charge in [0.2, 0.25) is 0 Å². The van der Waals surface area contributed by atoms with Gasteiger partial charge < -0.3 is 9.73 Å².